The van der Waals surface area contributed by atoms with Gasteiger partial charge in [-0.1, -0.05) is 225 Å². The highest BCUT2D eigenvalue weighted by Gasteiger charge is 2.36. The lowest BCUT2D eigenvalue weighted by Crippen LogP contribution is -2.17. The summed E-state index contributed by atoms with van der Waals surface area (Å²) in [7, 11) is 0. The first kappa shape index (κ1) is 41.5. The molecule has 0 aromatic heterocycles. The Morgan fingerprint density at radius 1 is 0.348 bits per heavy atom. The molecular weight excluding hydrogens is 795 g/mol. The number of fused-ring (bicyclic) bond motifs is 7. The van der Waals surface area contributed by atoms with Gasteiger partial charge in [0.2, 0.25) is 0 Å². The van der Waals surface area contributed by atoms with Crippen molar-refractivity contribution >= 4 is 49.4 Å². The lowest BCUT2D eigenvalue weighted by atomic mass is 9.78. The number of para-hydroxylation sites is 1. The van der Waals surface area contributed by atoms with E-state index in [1.165, 1.54) is 99.1 Å². The largest absolute Gasteiger partial charge is 0.310 e. The Hall–Kier alpha value is -7.22. The minimum atomic E-state index is -0.154. The molecule has 0 bridgehead atoms. The van der Waals surface area contributed by atoms with Crippen LogP contribution in [0.2, 0.25) is 0 Å². The highest BCUT2D eigenvalue weighted by atomic mass is 15.1. The van der Waals surface area contributed by atoms with Gasteiger partial charge in [0.1, 0.15) is 0 Å². The maximum absolute atomic E-state index is 2.51. The molecule has 0 N–H and O–H groups in total. The molecular formula is C65H57N. The number of rotatable bonds is 6. The molecule has 0 saturated heterocycles. The van der Waals surface area contributed by atoms with E-state index in [0.717, 1.165) is 17.1 Å². The second-order valence-corrected chi connectivity index (χ2v) is 21.0. The Morgan fingerprint density at radius 2 is 0.924 bits per heavy atom. The van der Waals surface area contributed by atoms with Crippen LogP contribution >= 0.6 is 0 Å². The molecule has 1 nitrogen and oxygen atoms in total. The van der Waals surface area contributed by atoms with Gasteiger partial charge in [-0.05, 0) is 135 Å². The van der Waals surface area contributed by atoms with Crippen molar-refractivity contribution in [3.63, 3.8) is 0 Å². The number of hydrogen-bond acceptors (Lipinski definition) is 1. The van der Waals surface area contributed by atoms with E-state index in [9.17, 15) is 0 Å². The van der Waals surface area contributed by atoms with E-state index in [-0.39, 0.29) is 16.2 Å². The van der Waals surface area contributed by atoms with Gasteiger partial charge in [0.05, 0.1) is 5.69 Å². The Bertz CT molecular complexity index is 3500. The molecule has 0 aliphatic heterocycles. The van der Waals surface area contributed by atoms with Crippen LogP contribution in [0, 0.1) is 0 Å². The van der Waals surface area contributed by atoms with Crippen molar-refractivity contribution in [2.24, 2.45) is 0 Å². The molecule has 322 valence electrons. The van der Waals surface area contributed by atoms with Crippen molar-refractivity contribution in [2.75, 3.05) is 4.90 Å². The summed E-state index contributed by atoms with van der Waals surface area (Å²) in [6.07, 6.45) is 0. The topological polar surface area (TPSA) is 3.24 Å². The molecule has 1 aliphatic carbocycles. The molecule has 0 radical (unpaired) electrons. The fourth-order valence-corrected chi connectivity index (χ4v) is 10.7. The molecule has 1 heteroatoms. The first-order chi connectivity index (χ1) is 31.8. The highest BCUT2D eigenvalue weighted by molar-refractivity contribution is 6.13. The summed E-state index contributed by atoms with van der Waals surface area (Å²) < 4.78 is 0. The summed E-state index contributed by atoms with van der Waals surface area (Å²) in [6, 6.07) is 75.3. The molecule has 0 unspecified atom stereocenters. The van der Waals surface area contributed by atoms with Gasteiger partial charge in [-0.25, -0.2) is 0 Å². The Morgan fingerprint density at radius 3 is 1.70 bits per heavy atom. The van der Waals surface area contributed by atoms with Crippen LogP contribution in [0.15, 0.2) is 200 Å². The van der Waals surface area contributed by atoms with Crippen LogP contribution in [-0.2, 0) is 16.2 Å². The molecule has 10 aromatic rings. The van der Waals surface area contributed by atoms with E-state index >= 15 is 0 Å². The van der Waals surface area contributed by atoms with E-state index in [2.05, 4.69) is 260 Å². The van der Waals surface area contributed by atoms with Gasteiger partial charge in [-0.2, -0.15) is 0 Å². The van der Waals surface area contributed by atoms with Gasteiger partial charge in [-0.3, -0.25) is 0 Å². The van der Waals surface area contributed by atoms with Crippen molar-refractivity contribution in [2.45, 2.75) is 71.6 Å². The fourth-order valence-electron chi connectivity index (χ4n) is 10.7. The van der Waals surface area contributed by atoms with Crippen molar-refractivity contribution < 1.29 is 0 Å². The van der Waals surface area contributed by atoms with Crippen molar-refractivity contribution in [3.8, 4) is 44.5 Å². The molecule has 10 aromatic carbocycles. The summed E-state index contributed by atoms with van der Waals surface area (Å²) in [5.74, 6) is 0. The SMILES string of the molecule is CC(C)(C)c1cc(-c2cccc3cccc(-c4ccccc4N(c4cccc(-c5cccc6c5ccc5ccccc56)c4)c4ccc5c(c4)C(C)(C)c4ccccc4-5)c23)cc(C(C)(C)C)c1. The van der Waals surface area contributed by atoms with Crippen molar-refractivity contribution in [3.05, 3.63) is 222 Å². The van der Waals surface area contributed by atoms with Crippen LogP contribution in [-0.4, -0.2) is 0 Å². The zero-order valence-electron chi connectivity index (χ0n) is 39.5. The summed E-state index contributed by atoms with van der Waals surface area (Å²) in [6.45, 7) is 18.7. The van der Waals surface area contributed by atoms with Gasteiger partial charge in [0.15, 0.2) is 0 Å². The summed E-state index contributed by atoms with van der Waals surface area (Å²) >= 11 is 0. The van der Waals surface area contributed by atoms with E-state index in [1.807, 2.05) is 0 Å². The quantitative estimate of drug-likeness (QED) is 0.151. The summed E-state index contributed by atoms with van der Waals surface area (Å²) in [5, 5.41) is 7.56. The van der Waals surface area contributed by atoms with Crippen LogP contribution in [0.5, 0.6) is 0 Å². The van der Waals surface area contributed by atoms with Gasteiger partial charge >= 0.3 is 0 Å². The molecule has 11 rings (SSSR count). The van der Waals surface area contributed by atoms with Crippen LogP contribution in [0.25, 0.3) is 76.8 Å². The Labute approximate surface area is 391 Å². The molecule has 0 saturated carbocycles. The van der Waals surface area contributed by atoms with E-state index in [0.29, 0.717) is 0 Å². The zero-order chi connectivity index (χ0) is 45.5. The first-order valence-corrected chi connectivity index (χ1v) is 23.6. The molecule has 66 heavy (non-hydrogen) atoms. The van der Waals surface area contributed by atoms with Gasteiger partial charge in [-0.15, -0.1) is 0 Å². The molecule has 0 amide bonds. The predicted octanol–water partition coefficient (Wildman–Crippen LogP) is 18.5. The molecule has 0 fully saturated rings. The van der Waals surface area contributed by atoms with Crippen molar-refractivity contribution in [1.82, 2.24) is 0 Å². The minimum absolute atomic E-state index is 0.00329. The molecule has 0 atom stereocenters. The number of hydrogen-bond donors (Lipinski definition) is 0. The number of nitrogens with zero attached hydrogens (tertiary/aromatic N) is 1. The van der Waals surface area contributed by atoms with E-state index in [1.54, 1.807) is 0 Å². The maximum Gasteiger partial charge on any atom is 0.0540 e. The molecule has 0 spiro atoms. The molecule has 0 heterocycles. The third kappa shape index (κ3) is 6.92. The summed E-state index contributed by atoms with van der Waals surface area (Å²) in [4.78, 5) is 2.51. The fraction of sp³-hybridized carbons (Fsp3) is 0.169. The van der Waals surface area contributed by atoms with E-state index in [4.69, 9.17) is 0 Å². The first-order valence-electron chi connectivity index (χ1n) is 23.6. The maximum atomic E-state index is 2.51. The van der Waals surface area contributed by atoms with Gasteiger partial charge in [0, 0.05) is 22.4 Å². The van der Waals surface area contributed by atoms with Crippen LogP contribution < -0.4 is 4.90 Å². The smallest absolute Gasteiger partial charge is 0.0540 e. The Balaban J connectivity index is 1.15. The third-order valence-electron chi connectivity index (χ3n) is 14.3. The van der Waals surface area contributed by atoms with Crippen LogP contribution in [0.3, 0.4) is 0 Å². The van der Waals surface area contributed by atoms with Crippen LogP contribution in [0.4, 0.5) is 17.1 Å². The monoisotopic (exact) mass is 851 g/mol. The normalized spacial score (nSPS) is 13.3. The lowest BCUT2D eigenvalue weighted by molar-refractivity contribution is 0.569. The van der Waals surface area contributed by atoms with Crippen LogP contribution in [0.1, 0.15) is 77.6 Å². The minimum Gasteiger partial charge on any atom is -0.310 e. The second kappa shape index (κ2) is 15.5. The lowest BCUT2D eigenvalue weighted by Gasteiger charge is -2.30. The van der Waals surface area contributed by atoms with E-state index < -0.39 is 0 Å². The average Bonchev–Trinajstić information content (AvgIpc) is 3.55. The standard InChI is InChI=1S/C65H57N/c1-63(2,3)46-37-45(38-47(40-46)64(4,5)6)52-28-16-20-43-21-17-30-58(62(43)52)57-26-12-14-32-61(57)66(49-34-36-56-55-25-11-13-31-59(55)65(7,8)60(56)41-49)48-23-15-22-44(39-48)51-27-18-29-53-50-24-10-9-19-42(50)33-35-54(51)53/h9-41H,1-8H3. The average molecular weight is 852 g/mol. The summed E-state index contributed by atoms with van der Waals surface area (Å²) in [5.41, 5.74) is 18.6. The Kier molecular flexibility index (Phi) is 9.71. The second-order valence-electron chi connectivity index (χ2n) is 21.0. The zero-order valence-corrected chi connectivity index (χ0v) is 39.5. The highest BCUT2D eigenvalue weighted by Crippen LogP contribution is 2.52. The number of anilines is 3. The number of benzene rings is 10. The predicted molar refractivity (Wildman–Crippen MR) is 285 cm³/mol. The van der Waals surface area contributed by atoms with Gasteiger partial charge < -0.3 is 4.90 Å². The molecule has 1 aliphatic rings. The third-order valence-corrected chi connectivity index (χ3v) is 14.3. The van der Waals surface area contributed by atoms with Gasteiger partial charge in [0.25, 0.3) is 0 Å². The van der Waals surface area contributed by atoms with Crippen molar-refractivity contribution in [1.29, 1.82) is 0 Å².